The highest BCUT2D eigenvalue weighted by atomic mass is 16.3. The van der Waals surface area contributed by atoms with Crippen molar-refractivity contribution in [3.05, 3.63) is 83.4 Å². The highest BCUT2D eigenvalue weighted by Crippen LogP contribution is 2.34. The lowest BCUT2D eigenvalue weighted by Gasteiger charge is -2.26. The molecular weight excluding hydrogens is 244 g/mol. The quantitative estimate of drug-likeness (QED) is 0.725. The summed E-state index contributed by atoms with van der Waals surface area (Å²) in [5.74, 6) is 0. The number of aryl methyl sites for hydroxylation is 1. The van der Waals surface area contributed by atoms with Gasteiger partial charge in [-0.1, -0.05) is 72.3 Å². The minimum atomic E-state index is -0.992. The summed E-state index contributed by atoms with van der Waals surface area (Å²) in [4.78, 5) is 0. The van der Waals surface area contributed by atoms with E-state index in [9.17, 15) is 5.11 Å². The summed E-state index contributed by atoms with van der Waals surface area (Å²) in [6, 6.07) is 22.3. The van der Waals surface area contributed by atoms with E-state index in [0.29, 0.717) is 0 Å². The predicted octanol–water partition coefficient (Wildman–Crippen LogP) is 4.40. The maximum atomic E-state index is 11.0. The molecule has 0 aliphatic rings. The van der Waals surface area contributed by atoms with Crippen molar-refractivity contribution in [3.63, 3.8) is 0 Å². The Balaban J connectivity index is 2.20. The van der Waals surface area contributed by atoms with Crippen LogP contribution in [0.15, 0.2) is 66.7 Å². The van der Waals surface area contributed by atoms with E-state index in [-0.39, 0.29) is 0 Å². The Bertz CT molecular complexity index is 734. The van der Waals surface area contributed by atoms with Crippen LogP contribution >= 0.6 is 0 Å². The molecule has 1 nitrogen and oxygen atoms in total. The van der Waals surface area contributed by atoms with Gasteiger partial charge in [0.25, 0.3) is 0 Å². The first-order valence-corrected chi connectivity index (χ1v) is 6.87. The van der Waals surface area contributed by atoms with Crippen molar-refractivity contribution in [2.45, 2.75) is 19.4 Å². The zero-order chi connectivity index (χ0) is 14.2. The van der Waals surface area contributed by atoms with Gasteiger partial charge in [-0.2, -0.15) is 0 Å². The maximum Gasteiger partial charge on any atom is 0.112 e. The van der Waals surface area contributed by atoms with Crippen molar-refractivity contribution < 1.29 is 5.11 Å². The van der Waals surface area contributed by atoms with Crippen molar-refractivity contribution in [1.29, 1.82) is 0 Å². The van der Waals surface area contributed by atoms with Gasteiger partial charge in [-0.3, -0.25) is 0 Å². The molecule has 1 atom stereocenters. The molecule has 20 heavy (non-hydrogen) atoms. The number of hydrogen-bond donors (Lipinski definition) is 1. The van der Waals surface area contributed by atoms with Gasteiger partial charge in [0.1, 0.15) is 5.60 Å². The van der Waals surface area contributed by atoms with Crippen LogP contribution in [0.25, 0.3) is 10.8 Å². The van der Waals surface area contributed by atoms with E-state index in [0.717, 1.165) is 21.9 Å². The average molecular weight is 262 g/mol. The standard InChI is InChI=1S/C19H18O/c1-14-10-12-16(13-11-14)19(2,20)18-9-5-7-15-6-3-4-8-17(15)18/h3-13,20H,1-2H3. The molecule has 100 valence electrons. The highest BCUT2D eigenvalue weighted by molar-refractivity contribution is 5.86. The van der Waals surface area contributed by atoms with Crippen LogP contribution in [0.5, 0.6) is 0 Å². The summed E-state index contributed by atoms with van der Waals surface area (Å²) >= 11 is 0. The third kappa shape index (κ3) is 2.10. The molecule has 0 saturated carbocycles. The summed E-state index contributed by atoms with van der Waals surface area (Å²) < 4.78 is 0. The van der Waals surface area contributed by atoms with Crippen LogP contribution in [0.4, 0.5) is 0 Å². The second-order valence-corrected chi connectivity index (χ2v) is 5.46. The fraction of sp³-hybridized carbons (Fsp3) is 0.158. The van der Waals surface area contributed by atoms with Gasteiger partial charge in [0.15, 0.2) is 0 Å². The fourth-order valence-electron chi connectivity index (χ4n) is 2.68. The zero-order valence-electron chi connectivity index (χ0n) is 11.8. The van der Waals surface area contributed by atoms with Crippen LogP contribution in [0.3, 0.4) is 0 Å². The van der Waals surface area contributed by atoms with Crippen molar-refractivity contribution in [1.82, 2.24) is 0 Å². The fourth-order valence-corrected chi connectivity index (χ4v) is 2.68. The van der Waals surface area contributed by atoms with Crippen LogP contribution in [-0.4, -0.2) is 5.11 Å². The van der Waals surface area contributed by atoms with Gasteiger partial charge in [-0.05, 0) is 35.7 Å². The Morgan fingerprint density at radius 3 is 2.20 bits per heavy atom. The smallest absolute Gasteiger partial charge is 0.112 e. The molecule has 0 bridgehead atoms. The van der Waals surface area contributed by atoms with E-state index in [1.165, 1.54) is 5.56 Å². The van der Waals surface area contributed by atoms with Crippen molar-refractivity contribution in [2.75, 3.05) is 0 Å². The molecule has 3 rings (SSSR count). The van der Waals surface area contributed by atoms with Gasteiger partial charge in [-0.15, -0.1) is 0 Å². The minimum absolute atomic E-state index is 0.916. The molecule has 0 radical (unpaired) electrons. The number of fused-ring (bicyclic) bond motifs is 1. The number of rotatable bonds is 2. The lowest BCUT2D eigenvalue weighted by Crippen LogP contribution is -2.23. The molecule has 1 unspecified atom stereocenters. The summed E-state index contributed by atoms with van der Waals surface area (Å²) in [6.07, 6.45) is 0. The van der Waals surface area contributed by atoms with E-state index in [1.54, 1.807) is 0 Å². The SMILES string of the molecule is Cc1ccc(C(C)(O)c2cccc3ccccc23)cc1. The van der Waals surface area contributed by atoms with Gasteiger partial charge >= 0.3 is 0 Å². The second kappa shape index (κ2) is 4.77. The first-order chi connectivity index (χ1) is 9.59. The molecule has 1 heteroatoms. The van der Waals surface area contributed by atoms with Gasteiger partial charge in [0.05, 0.1) is 0 Å². The van der Waals surface area contributed by atoms with Crippen LogP contribution in [0.2, 0.25) is 0 Å². The molecule has 0 spiro atoms. The van der Waals surface area contributed by atoms with Gasteiger partial charge in [-0.25, -0.2) is 0 Å². The molecule has 0 fully saturated rings. The first-order valence-electron chi connectivity index (χ1n) is 6.87. The lowest BCUT2D eigenvalue weighted by atomic mass is 9.85. The monoisotopic (exact) mass is 262 g/mol. The molecular formula is C19H18O. The largest absolute Gasteiger partial charge is 0.381 e. The maximum absolute atomic E-state index is 11.0. The molecule has 3 aromatic carbocycles. The van der Waals surface area contributed by atoms with Crippen molar-refractivity contribution in [2.24, 2.45) is 0 Å². The molecule has 0 amide bonds. The Hall–Kier alpha value is -2.12. The second-order valence-electron chi connectivity index (χ2n) is 5.46. The van der Waals surface area contributed by atoms with E-state index in [4.69, 9.17) is 0 Å². The summed E-state index contributed by atoms with van der Waals surface area (Å²) in [5, 5.41) is 13.3. The summed E-state index contributed by atoms with van der Waals surface area (Å²) in [7, 11) is 0. The van der Waals surface area contributed by atoms with E-state index in [1.807, 2.05) is 55.5 Å². The third-order valence-electron chi connectivity index (χ3n) is 3.93. The Morgan fingerprint density at radius 1 is 0.800 bits per heavy atom. The van der Waals surface area contributed by atoms with Crippen LogP contribution in [0.1, 0.15) is 23.6 Å². The van der Waals surface area contributed by atoms with Crippen LogP contribution in [-0.2, 0) is 5.60 Å². The summed E-state index contributed by atoms with van der Waals surface area (Å²) in [6.45, 7) is 3.91. The molecule has 3 aromatic rings. The number of benzene rings is 3. The highest BCUT2D eigenvalue weighted by Gasteiger charge is 2.27. The zero-order valence-corrected chi connectivity index (χ0v) is 11.8. The molecule has 0 aliphatic carbocycles. The Labute approximate surface area is 119 Å². The van der Waals surface area contributed by atoms with Gasteiger partial charge in [0, 0.05) is 0 Å². The van der Waals surface area contributed by atoms with Crippen molar-refractivity contribution >= 4 is 10.8 Å². The van der Waals surface area contributed by atoms with E-state index < -0.39 is 5.60 Å². The van der Waals surface area contributed by atoms with Crippen LogP contribution < -0.4 is 0 Å². The van der Waals surface area contributed by atoms with Crippen LogP contribution in [0, 0.1) is 6.92 Å². The molecule has 0 saturated heterocycles. The van der Waals surface area contributed by atoms with E-state index >= 15 is 0 Å². The minimum Gasteiger partial charge on any atom is -0.381 e. The average Bonchev–Trinajstić information content (AvgIpc) is 2.47. The third-order valence-corrected chi connectivity index (χ3v) is 3.93. The lowest BCUT2D eigenvalue weighted by molar-refractivity contribution is 0.104. The topological polar surface area (TPSA) is 20.2 Å². The van der Waals surface area contributed by atoms with Gasteiger partial charge < -0.3 is 5.11 Å². The van der Waals surface area contributed by atoms with E-state index in [2.05, 4.69) is 25.1 Å². The summed E-state index contributed by atoms with van der Waals surface area (Å²) in [5.41, 5.74) is 2.07. The normalized spacial score (nSPS) is 14.2. The number of hydrogen-bond acceptors (Lipinski definition) is 1. The number of aliphatic hydroxyl groups is 1. The molecule has 0 aliphatic heterocycles. The first kappa shape index (κ1) is 12.9. The van der Waals surface area contributed by atoms with Gasteiger partial charge in [0.2, 0.25) is 0 Å². The molecule has 1 N–H and O–H groups in total. The Morgan fingerprint density at radius 2 is 1.45 bits per heavy atom. The van der Waals surface area contributed by atoms with Crippen molar-refractivity contribution in [3.8, 4) is 0 Å². The molecule has 0 heterocycles. The molecule has 0 aromatic heterocycles. The Kier molecular flexibility index (Phi) is 3.07. The predicted molar refractivity (Wildman–Crippen MR) is 83.8 cm³/mol.